The van der Waals surface area contributed by atoms with E-state index in [1.807, 2.05) is 30.3 Å². The molecule has 0 spiro atoms. The maximum absolute atomic E-state index is 11.4. The van der Waals surface area contributed by atoms with Crippen molar-refractivity contribution < 1.29 is 14.2 Å². The van der Waals surface area contributed by atoms with E-state index in [9.17, 15) is 9.59 Å². The zero-order valence-electron chi connectivity index (χ0n) is 10.2. The Morgan fingerprint density at radius 1 is 0.947 bits per heavy atom. The molecule has 0 fully saturated rings. The molecule has 19 heavy (non-hydrogen) atoms. The summed E-state index contributed by atoms with van der Waals surface area (Å²) in [5.41, 5.74) is 12.2. The molecule has 0 atom stereocenters. The Morgan fingerprint density at radius 3 is 2.21 bits per heavy atom. The average molecular weight is 256 g/mol. The van der Waals surface area contributed by atoms with Gasteiger partial charge in [0.15, 0.2) is 12.7 Å². The van der Waals surface area contributed by atoms with Gasteiger partial charge in [0.25, 0.3) is 11.6 Å². The van der Waals surface area contributed by atoms with Crippen LogP contribution in [-0.2, 0) is 6.54 Å². The fourth-order valence-corrected chi connectivity index (χ4v) is 1.83. The van der Waals surface area contributed by atoms with Crippen LogP contribution in [0.25, 0.3) is 0 Å². The van der Waals surface area contributed by atoms with E-state index in [0.29, 0.717) is 17.8 Å². The van der Waals surface area contributed by atoms with Crippen LogP contribution in [0.1, 0.15) is 26.4 Å². The zero-order valence-corrected chi connectivity index (χ0v) is 10.2. The fraction of sp³-hybridized carbons (Fsp3) is 0.0714. The quantitative estimate of drug-likeness (QED) is 0.766. The van der Waals surface area contributed by atoms with Gasteiger partial charge >= 0.3 is 5.91 Å². The summed E-state index contributed by atoms with van der Waals surface area (Å²) in [7, 11) is 0. The minimum Gasteiger partial charge on any atom is -0.365 e. The summed E-state index contributed by atoms with van der Waals surface area (Å²) in [6, 6.07) is 12.6. The molecule has 2 amide bonds. The Balaban J connectivity index is 2.43. The first-order valence-corrected chi connectivity index (χ1v) is 5.75. The monoisotopic (exact) mass is 256 g/mol. The molecule has 1 heterocycles. The summed E-state index contributed by atoms with van der Waals surface area (Å²) in [4.78, 5) is 22.6. The molecule has 5 nitrogen and oxygen atoms in total. The van der Waals surface area contributed by atoms with Crippen molar-refractivity contribution in [3.63, 3.8) is 0 Å². The van der Waals surface area contributed by atoms with Crippen LogP contribution >= 0.6 is 0 Å². The van der Waals surface area contributed by atoms with E-state index in [2.05, 4.69) is 0 Å². The summed E-state index contributed by atoms with van der Waals surface area (Å²) in [6.07, 6.45) is 1.54. The van der Waals surface area contributed by atoms with Gasteiger partial charge in [-0.3, -0.25) is 9.59 Å². The minimum atomic E-state index is -0.549. The van der Waals surface area contributed by atoms with Crippen molar-refractivity contribution in [3.8, 4) is 0 Å². The third-order valence-electron chi connectivity index (χ3n) is 2.76. The second-order valence-corrected chi connectivity index (χ2v) is 4.15. The number of hydrogen-bond acceptors (Lipinski definition) is 2. The second kappa shape index (κ2) is 5.30. The molecule has 0 saturated heterocycles. The first kappa shape index (κ1) is 12.8. The number of nitrogens with two attached hydrogens (primary N) is 2. The molecule has 2 aromatic rings. The van der Waals surface area contributed by atoms with Crippen molar-refractivity contribution in [2.45, 2.75) is 6.54 Å². The maximum Gasteiger partial charge on any atom is 0.313 e. The largest absolute Gasteiger partial charge is 0.365 e. The molecule has 2 rings (SSSR count). The lowest BCUT2D eigenvalue weighted by molar-refractivity contribution is -0.690. The zero-order chi connectivity index (χ0) is 13.8. The average Bonchev–Trinajstić information content (AvgIpc) is 2.39. The molecule has 0 aliphatic rings. The predicted molar refractivity (Wildman–Crippen MR) is 69.2 cm³/mol. The van der Waals surface area contributed by atoms with Crippen LogP contribution in [0.2, 0.25) is 0 Å². The van der Waals surface area contributed by atoms with Crippen molar-refractivity contribution in [2.24, 2.45) is 11.5 Å². The Morgan fingerprint density at radius 2 is 1.63 bits per heavy atom. The number of rotatable bonds is 4. The van der Waals surface area contributed by atoms with E-state index in [4.69, 9.17) is 11.5 Å². The van der Waals surface area contributed by atoms with Gasteiger partial charge in [0.1, 0.15) is 5.56 Å². The van der Waals surface area contributed by atoms with Gasteiger partial charge in [-0.2, -0.15) is 4.57 Å². The molecular weight excluding hydrogens is 242 g/mol. The summed E-state index contributed by atoms with van der Waals surface area (Å²) in [6.45, 7) is 0.445. The highest BCUT2D eigenvalue weighted by Gasteiger charge is 2.19. The third kappa shape index (κ3) is 2.95. The van der Waals surface area contributed by atoms with Crippen molar-refractivity contribution in [2.75, 3.05) is 0 Å². The number of benzene rings is 1. The van der Waals surface area contributed by atoms with Gasteiger partial charge in [0, 0.05) is 11.6 Å². The summed E-state index contributed by atoms with van der Waals surface area (Å²) >= 11 is 0. The van der Waals surface area contributed by atoms with Crippen LogP contribution in [0.3, 0.4) is 0 Å². The van der Waals surface area contributed by atoms with Crippen LogP contribution in [0.5, 0.6) is 0 Å². The Kier molecular flexibility index (Phi) is 3.56. The molecule has 0 saturated carbocycles. The molecule has 0 aliphatic heterocycles. The molecular formula is C14H14N3O2+. The van der Waals surface area contributed by atoms with Gasteiger partial charge in [-0.15, -0.1) is 0 Å². The number of pyridine rings is 1. The third-order valence-corrected chi connectivity index (χ3v) is 2.76. The first-order valence-electron chi connectivity index (χ1n) is 5.75. The van der Waals surface area contributed by atoms with Gasteiger partial charge in [-0.1, -0.05) is 30.3 Å². The van der Waals surface area contributed by atoms with Crippen LogP contribution in [0.15, 0.2) is 48.7 Å². The van der Waals surface area contributed by atoms with Gasteiger partial charge in [-0.25, -0.2) is 0 Å². The molecule has 5 heteroatoms. The minimum absolute atomic E-state index is 0.328. The van der Waals surface area contributed by atoms with Crippen LogP contribution < -0.4 is 16.0 Å². The lowest BCUT2D eigenvalue weighted by Gasteiger charge is -2.03. The number of amides is 2. The Labute approximate surface area is 110 Å². The number of primary amides is 2. The topological polar surface area (TPSA) is 90.1 Å². The molecule has 1 aromatic carbocycles. The SMILES string of the molecule is NC(=O)c1ccc(C(N)=O)[n+](Cc2ccccc2)c1. The number of carbonyl (C=O) groups is 2. The fourth-order valence-electron chi connectivity index (χ4n) is 1.83. The summed E-state index contributed by atoms with van der Waals surface area (Å²) in [5.74, 6) is -1.09. The van der Waals surface area contributed by atoms with Gasteiger partial charge in [0.05, 0.1) is 0 Å². The number of aromatic nitrogens is 1. The smallest absolute Gasteiger partial charge is 0.313 e. The normalized spacial score (nSPS) is 10.1. The number of carbonyl (C=O) groups excluding carboxylic acids is 2. The first-order chi connectivity index (χ1) is 9.08. The molecule has 0 aliphatic carbocycles. The lowest BCUT2D eigenvalue weighted by Crippen LogP contribution is -2.43. The van der Waals surface area contributed by atoms with E-state index in [0.717, 1.165) is 5.56 Å². The van der Waals surface area contributed by atoms with Crippen LogP contribution in [0, 0.1) is 0 Å². The van der Waals surface area contributed by atoms with E-state index in [1.165, 1.54) is 18.3 Å². The molecule has 0 bridgehead atoms. The Bertz CT molecular complexity index is 624. The van der Waals surface area contributed by atoms with Gasteiger partial charge in [0.2, 0.25) is 0 Å². The molecule has 0 unspecified atom stereocenters. The van der Waals surface area contributed by atoms with Crippen molar-refractivity contribution >= 4 is 11.8 Å². The summed E-state index contributed by atoms with van der Waals surface area (Å²) in [5, 5.41) is 0. The van der Waals surface area contributed by atoms with E-state index >= 15 is 0 Å². The predicted octanol–water partition coefficient (Wildman–Crippen LogP) is 0.220. The van der Waals surface area contributed by atoms with Crippen LogP contribution in [0.4, 0.5) is 0 Å². The molecule has 4 N–H and O–H groups in total. The van der Waals surface area contributed by atoms with Gasteiger partial charge in [-0.05, 0) is 6.07 Å². The van der Waals surface area contributed by atoms with Crippen molar-refractivity contribution in [1.82, 2.24) is 0 Å². The molecule has 96 valence electrons. The summed E-state index contributed by atoms with van der Waals surface area (Å²) < 4.78 is 1.62. The standard InChI is InChI=1S/C14H13N3O2/c15-13(18)11-6-7-12(14(16)19)17(9-11)8-10-4-2-1-3-5-10/h1-7,9H,8H2,(H3-,15,16,18,19)/p+1. The second-order valence-electron chi connectivity index (χ2n) is 4.15. The highest BCUT2D eigenvalue weighted by molar-refractivity contribution is 5.93. The van der Waals surface area contributed by atoms with E-state index in [-0.39, 0.29) is 0 Å². The van der Waals surface area contributed by atoms with Crippen molar-refractivity contribution in [1.29, 1.82) is 0 Å². The number of hydrogen-bond donors (Lipinski definition) is 2. The van der Waals surface area contributed by atoms with Crippen LogP contribution in [-0.4, -0.2) is 11.8 Å². The van der Waals surface area contributed by atoms with E-state index in [1.54, 1.807) is 4.57 Å². The van der Waals surface area contributed by atoms with E-state index < -0.39 is 11.8 Å². The van der Waals surface area contributed by atoms with Gasteiger partial charge < -0.3 is 11.5 Å². The molecule has 0 radical (unpaired) electrons. The van der Waals surface area contributed by atoms with Crippen molar-refractivity contribution in [3.05, 3.63) is 65.5 Å². The lowest BCUT2D eigenvalue weighted by atomic mass is 10.2. The maximum atomic E-state index is 11.4. The Hall–Kier alpha value is -2.69. The highest BCUT2D eigenvalue weighted by Crippen LogP contribution is 2.02. The highest BCUT2D eigenvalue weighted by atomic mass is 16.1. The number of nitrogens with zero attached hydrogens (tertiary/aromatic N) is 1. The molecule has 1 aromatic heterocycles.